The van der Waals surface area contributed by atoms with Crippen LogP contribution in [0.5, 0.6) is 0 Å². The van der Waals surface area contributed by atoms with Gasteiger partial charge in [0.05, 0.1) is 5.56 Å². The van der Waals surface area contributed by atoms with Crippen molar-refractivity contribution < 1.29 is 27.2 Å². The van der Waals surface area contributed by atoms with Crippen LogP contribution < -0.4 is 5.32 Å². The molecule has 0 saturated heterocycles. The molecule has 2 aromatic carbocycles. The van der Waals surface area contributed by atoms with E-state index in [-0.39, 0.29) is 54.1 Å². The minimum atomic E-state index is -3.96. The summed E-state index contributed by atoms with van der Waals surface area (Å²) < 4.78 is 39.7. The Morgan fingerprint density at radius 3 is 2.36 bits per heavy atom. The number of nitrogens with one attached hydrogen (secondary N) is 1. The average Bonchev–Trinajstić information content (AvgIpc) is 3.04. The van der Waals surface area contributed by atoms with Crippen molar-refractivity contribution in [3.05, 3.63) is 65.5 Å². The number of rotatable bonds is 11. The minimum Gasteiger partial charge on any atom is -0.354 e. The largest absolute Gasteiger partial charge is 0.354 e. The maximum atomic E-state index is 13.4. The molecule has 1 aliphatic rings. The van der Waals surface area contributed by atoms with Gasteiger partial charge in [0, 0.05) is 26.1 Å². The van der Waals surface area contributed by atoms with E-state index in [1.807, 2.05) is 13.8 Å². The molecular formula is C26H32FN3O5S. The van der Waals surface area contributed by atoms with Crippen LogP contribution in [0.2, 0.25) is 0 Å². The molecule has 1 unspecified atom stereocenters. The van der Waals surface area contributed by atoms with Gasteiger partial charge in [0.1, 0.15) is 16.8 Å². The van der Waals surface area contributed by atoms with Crippen LogP contribution in [0.4, 0.5) is 4.39 Å². The lowest BCUT2D eigenvalue weighted by Crippen LogP contribution is -2.49. The van der Waals surface area contributed by atoms with E-state index < -0.39 is 27.8 Å². The van der Waals surface area contributed by atoms with Gasteiger partial charge in [0.25, 0.3) is 15.9 Å². The topological polar surface area (TPSA) is 104 Å². The normalized spacial score (nSPS) is 15.0. The van der Waals surface area contributed by atoms with E-state index >= 15 is 0 Å². The first-order chi connectivity index (χ1) is 17.1. The van der Waals surface area contributed by atoms with Crippen molar-refractivity contribution in [2.45, 2.75) is 57.5 Å². The summed E-state index contributed by atoms with van der Waals surface area (Å²) in [5.41, 5.74) is 0.780. The first kappa shape index (κ1) is 27.3. The molecule has 10 heteroatoms. The summed E-state index contributed by atoms with van der Waals surface area (Å²) in [6, 6.07) is 11.0. The number of halogens is 1. The van der Waals surface area contributed by atoms with Gasteiger partial charge < -0.3 is 10.2 Å². The first-order valence-corrected chi connectivity index (χ1v) is 13.5. The van der Waals surface area contributed by atoms with Gasteiger partial charge in [-0.25, -0.2) is 17.1 Å². The van der Waals surface area contributed by atoms with Crippen molar-refractivity contribution in [2.75, 3.05) is 13.1 Å². The number of carbonyl (C=O) groups is 3. The van der Waals surface area contributed by atoms with Crippen LogP contribution in [-0.4, -0.2) is 54.5 Å². The lowest BCUT2D eigenvalue weighted by molar-refractivity contribution is -0.141. The molecule has 36 heavy (non-hydrogen) atoms. The van der Waals surface area contributed by atoms with Crippen LogP contribution in [0.25, 0.3) is 0 Å². The van der Waals surface area contributed by atoms with Crippen molar-refractivity contribution >= 4 is 27.7 Å². The van der Waals surface area contributed by atoms with Gasteiger partial charge in [-0.3, -0.25) is 14.4 Å². The van der Waals surface area contributed by atoms with E-state index in [4.69, 9.17) is 0 Å². The van der Waals surface area contributed by atoms with Crippen LogP contribution in [0.15, 0.2) is 53.4 Å². The Hall–Kier alpha value is -3.27. The minimum absolute atomic E-state index is 0.0351. The fourth-order valence-electron chi connectivity index (χ4n) is 4.10. The maximum Gasteiger partial charge on any atom is 0.269 e. The molecule has 0 spiro atoms. The van der Waals surface area contributed by atoms with Crippen LogP contribution >= 0.6 is 0 Å². The summed E-state index contributed by atoms with van der Waals surface area (Å²) in [6.45, 7) is 6.14. The monoisotopic (exact) mass is 517 g/mol. The molecule has 0 saturated carbocycles. The third-order valence-corrected chi connectivity index (χ3v) is 7.84. The third-order valence-electron chi connectivity index (χ3n) is 6.00. The summed E-state index contributed by atoms with van der Waals surface area (Å²) in [7, 11) is -3.96. The Morgan fingerprint density at radius 2 is 1.75 bits per heavy atom. The second kappa shape index (κ2) is 11.6. The molecule has 0 fully saturated rings. The number of nitrogens with zero attached hydrogens (tertiary/aromatic N) is 2. The smallest absolute Gasteiger partial charge is 0.269 e. The summed E-state index contributed by atoms with van der Waals surface area (Å²) in [5, 5.41) is 2.87. The number of fused-ring (bicyclic) bond motifs is 1. The molecule has 1 atom stereocenters. The quantitative estimate of drug-likeness (QED) is 0.493. The van der Waals surface area contributed by atoms with Gasteiger partial charge >= 0.3 is 0 Å². The third kappa shape index (κ3) is 6.10. The van der Waals surface area contributed by atoms with Gasteiger partial charge in [-0.1, -0.05) is 45.0 Å². The Kier molecular flexibility index (Phi) is 8.84. The van der Waals surface area contributed by atoms with Crippen LogP contribution in [0, 0.1) is 11.7 Å². The highest BCUT2D eigenvalue weighted by Gasteiger charge is 2.40. The van der Waals surface area contributed by atoms with Crippen LogP contribution in [0.3, 0.4) is 0 Å². The summed E-state index contributed by atoms with van der Waals surface area (Å²) in [5.74, 6) is -1.42. The highest BCUT2D eigenvalue weighted by molar-refractivity contribution is 7.90. The number of carbonyl (C=O) groups excluding carboxylic acids is 3. The Morgan fingerprint density at radius 1 is 1.08 bits per heavy atom. The van der Waals surface area contributed by atoms with Gasteiger partial charge in [-0.05, 0) is 48.6 Å². The summed E-state index contributed by atoms with van der Waals surface area (Å²) >= 11 is 0. The molecule has 194 valence electrons. The molecule has 1 heterocycles. The SMILES string of the molecule is CCC(C(=O)NCC(C)C)N(Cc1ccc(F)cc1)C(=O)CCCN1C(=O)c2ccccc2S1(=O)=O. The molecule has 3 rings (SSSR count). The Bertz CT molecular complexity index is 1210. The van der Waals surface area contributed by atoms with E-state index in [0.717, 1.165) is 4.31 Å². The zero-order valence-corrected chi connectivity index (χ0v) is 21.6. The summed E-state index contributed by atoms with van der Waals surface area (Å²) in [4.78, 5) is 40.3. The molecule has 1 N–H and O–H groups in total. The van der Waals surface area contributed by atoms with E-state index in [0.29, 0.717) is 18.5 Å². The van der Waals surface area contributed by atoms with Crippen LogP contribution in [0.1, 0.15) is 56.0 Å². The Balaban J connectivity index is 1.73. The molecular weight excluding hydrogens is 485 g/mol. The van der Waals surface area contributed by atoms with Gasteiger partial charge in [0.15, 0.2) is 0 Å². The number of benzene rings is 2. The number of hydrogen-bond donors (Lipinski definition) is 1. The number of amides is 3. The maximum absolute atomic E-state index is 13.4. The van der Waals surface area contributed by atoms with Crippen LogP contribution in [-0.2, 0) is 26.2 Å². The number of sulfonamides is 1. The van der Waals surface area contributed by atoms with Crippen molar-refractivity contribution in [2.24, 2.45) is 5.92 Å². The molecule has 0 aliphatic carbocycles. The van der Waals surface area contributed by atoms with Crippen molar-refractivity contribution in [1.29, 1.82) is 0 Å². The first-order valence-electron chi connectivity index (χ1n) is 12.0. The Labute approximate surface area is 211 Å². The van der Waals surface area contributed by atoms with Gasteiger partial charge in [-0.15, -0.1) is 0 Å². The molecule has 3 amide bonds. The molecule has 0 aromatic heterocycles. The van der Waals surface area contributed by atoms with E-state index in [2.05, 4.69) is 5.32 Å². The second-order valence-corrected chi connectivity index (χ2v) is 11.0. The highest BCUT2D eigenvalue weighted by atomic mass is 32.2. The van der Waals surface area contributed by atoms with Gasteiger partial charge in [-0.2, -0.15) is 0 Å². The molecule has 2 aromatic rings. The van der Waals surface area contributed by atoms with E-state index in [1.54, 1.807) is 31.2 Å². The standard InChI is InChI=1S/C26H32FN3O5S/c1-4-22(25(32)28-16-18(2)3)29(17-19-11-13-20(27)14-12-19)24(31)10-7-15-30-26(33)21-8-5-6-9-23(21)36(30,34)35/h5-6,8-9,11-14,18,22H,4,7,10,15-17H2,1-3H3,(H,28,32). The van der Waals surface area contributed by atoms with E-state index in [1.165, 1.54) is 29.2 Å². The van der Waals surface area contributed by atoms with Crippen molar-refractivity contribution in [3.63, 3.8) is 0 Å². The van der Waals surface area contributed by atoms with Crippen molar-refractivity contribution in [1.82, 2.24) is 14.5 Å². The average molecular weight is 518 g/mol. The number of hydrogen-bond acceptors (Lipinski definition) is 5. The predicted octanol–water partition coefficient (Wildman–Crippen LogP) is 3.33. The predicted molar refractivity (Wildman–Crippen MR) is 133 cm³/mol. The zero-order chi connectivity index (χ0) is 26.5. The fraction of sp³-hybridized carbons (Fsp3) is 0.423. The molecule has 1 aliphatic heterocycles. The zero-order valence-electron chi connectivity index (χ0n) is 20.7. The molecule has 0 radical (unpaired) electrons. The lowest BCUT2D eigenvalue weighted by atomic mass is 10.1. The fourth-order valence-corrected chi connectivity index (χ4v) is 5.71. The van der Waals surface area contributed by atoms with Gasteiger partial charge in [0.2, 0.25) is 11.8 Å². The molecule has 0 bridgehead atoms. The lowest BCUT2D eigenvalue weighted by Gasteiger charge is -2.31. The highest BCUT2D eigenvalue weighted by Crippen LogP contribution is 2.30. The second-order valence-electron chi connectivity index (χ2n) is 9.19. The van der Waals surface area contributed by atoms with E-state index in [9.17, 15) is 27.2 Å². The summed E-state index contributed by atoms with van der Waals surface area (Å²) in [6.07, 6.45) is 0.401. The molecule has 8 nitrogen and oxygen atoms in total. The van der Waals surface area contributed by atoms with Crippen molar-refractivity contribution in [3.8, 4) is 0 Å².